The number of rotatable bonds is 15. The van der Waals surface area contributed by atoms with Gasteiger partial charge in [0.15, 0.2) is 24.0 Å². The molecule has 0 spiro atoms. The highest BCUT2D eigenvalue weighted by Gasteiger charge is 2.72. The molecule has 20 nitrogen and oxygen atoms in total. The fraction of sp³-hybridized carbons (Fsp3) is 0.873. The van der Waals surface area contributed by atoms with Gasteiger partial charge in [-0.2, -0.15) is 0 Å². The Morgan fingerprint density at radius 1 is 0.893 bits per heavy atom. The second-order valence-corrected chi connectivity index (χ2v) is 27.7. The summed E-state index contributed by atoms with van der Waals surface area (Å²) in [6.45, 7) is 25.8. The molecule has 3 heterocycles. The van der Waals surface area contributed by atoms with Crippen molar-refractivity contribution in [3.63, 3.8) is 0 Å². The lowest BCUT2D eigenvalue weighted by Gasteiger charge is -2.61. The van der Waals surface area contributed by atoms with Crippen LogP contribution in [0.2, 0.25) is 0 Å². The van der Waals surface area contributed by atoms with Gasteiger partial charge in [0, 0.05) is 75.4 Å². The number of halogens is 1. The highest BCUT2D eigenvalue weighted by Crippen LogP contribution is 2.70. The molecule has 3 saturated heterocycles. The number of amides is 2. The lowest BCUT2D eigenvalue weighted by molar-refractivity contribution is -0.337. The molecule has 7 aliphatic rings. The number of fused-ring (bicyclic) bond motifs is 5. The van der Waals surface area contributed by atoms with Gasteiger partial charge in [0.2, 0.25) is 11.8 Å². The normalized spacial score (nSPS) is 48.6. The van der Waals surface area contributed by atoms with E-state index in [1.165, 1.54) is 33.3 Å². The van der Waals surface area contributed by atoms with Crippen molar-refractivity contribution in [1.82, 2.24) is 20.9 Å². The summed E-state index contributed by atoms with van der Waals surface area (Å²) in [5, 5.41) is 69.3. The van der Waals surface area contributed by atoms with E-state index in [-0.39, 0.29) is 81.0 Å². The van der Waals surface area contributed by atoms with Crippen molar-refractivity contribution >= 4 is 23.6 Å². The molecule has 0 bridgehead atoms. The van der Waals surface area contributed by atoms with Crippen LogP contribution in [0.15, 0.2) is 23.8 Å². The van der Waals surface area contributed by atoms with Crippen LogP contribution < -0.4 is 16.0 Å². The third-order valence-corrected chi connectivity index (χ3v) is 22.3. The van der Waals surface area contributed by atoms with Crippen LogP contribution in [0.1, 0.15) is 148 Å². The summed E-state index contributed by atoms with van der Waals surface area (Å²) in [7, 11) is 4.89. The van der Waals surface area contributed by atoms with Gasteiger partial charge in [0.1, 0.15) is 35.1 Å². The van der Waals surface area contributed by atoms with E-state index >= 15 is 4.39 Å². The van der Waals surface area contributed by atoms with Crippen LogP contribution >= 0.6 is 0 Å². The maximum Gasteiger partial charge on any atom is 0.311 e. The second kappa shape index (κ2) is 25.8. The van der Waals surface area contributed by atoms with E-state index in [1.807, 2.05) is 46.6 Å². The fourth-order valence-electron chi connectivity index (χ4n) is 16.8. The minimum absolute atomic E-state index is 0.0407. The van der Waals surface area contributed by atoms with Gasteiger partial charge in [-0.1, -0.05) is 53.2 Å². The average molecular weight is 1190 g/mol. The Labute approximate surface area is 498 Å². The summed E-state index contributed by atoms with van der Waals surface area (Å²) in [4.78, 5) is 57.5. The molecule has 26 atom stereocenters. The summed E-state index contributed by atoms with van der Waals surface area (Å²) < 4.78 is 63.5. The van der Waals surface area contributed by atoms with Crippen molar-refractivity contribution in [2.45, 2.75) is 250 Å². The minimum atomic E-state index is -2.02. The fourth-order valence-corrected chi connectivity index (χ4v) is 16.8. The second-order valence-electron chi connectivity index (χ2n) is 27.7. The maximum absolute atomic E-state index is 17.8. The van der Waals surface area contributed by atoms with Gasteiger partial charge in [-0.15, -0.1) is 0 Å². The zero-order valence-electron chi connectivity index (χ0n) is 53.2. The van der Waals surface area contributed by atoms with Crippen molar-refractivity contribution in [1.29, 1.82) is 0 Å². The van der Waals surface area contributed by atoms with Crippen LogP contribution in [0.25, 0.3) is 0 Å². The number of likely N-dealkylation sites (N-methyl/N-ethyl adjacent to an activating group) is 1. The van der Waals surface area contributed by atoms with Gasteiger partial charge in [-0.05, 0) is 143 Å². The topological polar surface area (TPSA) is 273 Å². The lowest BCUT2D eigenvalue weighted by atomic mass is 9.45. The van der Waals surface area contributed by atoms with E-state index in [0.717, 1.165) is 0 Å². The molecule has 7 rings (SSSR count). The molecule has 4 aliphatic carbocycles. The number of esters is 1. The Kier molecular flexibility index (Phi) is 21.0. The number of allylic oxidation sites excluding steroid dienone is 4. The summed E-state index contributed by atoms with van der Waals surface area (Å²) in [5.41, 5.74) is -9.51. The Bertz CT molecular complexity index is 2420. The monoisotopic (exact) mass is 1190 g/mol. The number of aliphatic hydroxyl groups is 5. The Morgan fingerprint density at radius 2 is 1.57 bits per heavy atom. The molecule has 21 heteroatoms. The van der Waals surface area contributed by atoms with Gasteiger partial charge in [-0.3, -0.25) is 19.2 Å². The van der Waals surface area contributed by atoms with Crippen LogP contribution in [0.3, 0.4) is 0 Å². The molecule has 2 amide bonds. The molecule has 0 aromatic heterocycles. The summed E-state index contributed by atoms with van der Waals surface area (Å²) in [6, 6.07) is -1.32. The van der Waals surface area contributed by atoms with Gasteiger partial charge < -0.3 is 79.5 Å². The first-order chi connectivity index (χ1) is 39.1. The number of cyclic esters (lactones) is 1. The van der Waals surface area contributed by atoms with Crippen LogP contribution in [-0.4, -0.2) is 203 Å². The molecule has 6 fully saturated rings. The summed E-state index contributed by atoms with van der Waals surface area (Å²) in [6.07, 6.45) is -4.22. The van der Waals surface area contributed by atoms with Crippen LogP contribution in [0, 0.1) is 52.3 Å². The number of aliphatic hydroxyl groups excluding tert-OH is 3. The van der Waals surface area contributed by atoms with Gasteiger partial charge in [-0.25, -0.2) is 4.39 Å². The average Bonchev–Trinajstić information content (AvgIpc) is 1.26. The number of ketones is 1. The SMILES string of the molecule is CC[C@H]1OC(=O)[C@H](C)[C@@H](O[C@H]2C[C@@](C)(OC)[C@](O)(CNCCNC(=O)[C@H]3[C@H](C)CC4C5CCC6=CC(=O)C=C[C@]6(C)[C@@]5(F)[C@@H](O)C[C@@]43C)[C@H](C)O2)[C@H](C)[C@@H](O[C@@H]2O[C@H](C)C[C@H](N(C)CC)[C@H]2O)[C@](C)(OC)C[C@@H](C)C(=O)N[C@H](C)[C@@H](O)[C@]1(C)O. The molecule has 3 saturated carbocycles. The number of hydrogen-bond acceptors (Lipinski definition) is 18. The Balaban J connectivity index is 1.10. The molecule has 3 aliphatic heterocycles. The third kappa shape index (κ3) is 12.2. The quantitative estimate of drug-likeness (QED) is 0.0832. The first-order valence-corrected chi connectivity index (χ1v) is 31.1. The first-order valence-electron chi connectivity index (χ1n) is 31.1. The smallest absolute Gasteiger partial charge is 0.311 e. The third-order valence-electron chi connectivity index (χ3n) is 22.3. The zero-order chi connectivity index (χ0) is 62.6. The lowest BCUT2D eigenvalue weighted by Crippen LogP contribution is -2.70. The number of ether oxygens (including phenoxy) is 7. The van der Waals surface area contributed by atoms with E-state index in [4.69, 9.17) is 33.2 Å². The first kappa shape index (κ1) is 68.5. The number of hydrogen-bond donors (Lipinski definition) is 8. The molecule has 0 aromatic rings. The number of methoxy groups -OCH3 is 2. The molecular weight excluding hydrogens is 1090 g/mol. The minimum Gasteiger partial charge on any atom is -0.459 e. The summed E-state index contributed by atoms with van der Waals surface area (Å²) >= 11 is 0. The van der Waals surface area contributed by atoms with Crippen LogP contribution in [0.5, 0.6) is 0 Å². The highest BCUT2D eigenvalue weighted by molar-refractivity contribution is 6.01. The molecule has 0 radical (unpaired) electrons. The van der Waals surface area contributed by atoms with Gasteiger partial charge in [0.25, 0.3) is 0 Å². The van der Waals surface area contributed by atoms with E-state index < -0.39 is 142 Å². The largest absolute Gasteiger partial charge is 0.459 e. The van der Waals surface area contributed by atoms with Crippen molar-refractivity contribution in [3.8, 4) is 0 Å². The summed E-state index contributed by atoms with van der Waals surface area (Å²) in [5.74, 6) is -5.57. The van der Waals surface area contributed by atoms with Crippen molar-refractivity contribution in [2.75, 3.05) is 47.4 Å². The van der Waals surface area contributed by atoms with E-state index in [9.17, 15) is 44.7 Å². The van der Waals surface area contributed by atoms with E-state index in [0.29, 0.717) is 37.8 Å². The number of carbonyl (C=O) groups is 4. The maximum atomic E-state index is 17.8. The van der Waals surface area contributed by atoms with Gasteiger partial charge >= 0.3 is 5.97 Å². The Morgan fingerprint density at radius 3 is 2.20 bits per heavy atom. The van der Waals surface area contributed by atoms with Crippen LogP contribution in [0.4, 0.5) is 4.39 Å². The van der Waals surface area contributed by atoms with Crippen molar-refractivity contribution < 1.29 is 82.3 Å². The molecular formula is C63H105FN4O16. The van der Waals surface area contributed by atoms with E-state index in [2.05, 4.69) is 16.0 Å². The molecule has 2 unspecified atom stereocenters. The molecule has 84 heavy (non-hydrogen) atoms. The molecule has 8 N–H and O–H groups in total. The predicted molar refractivity (Wildman–Crippen MR) is 310 cm³/mol. The predicted octanol–water partition coefficient (Wildman–Crippen LogP) is 4.44. The van der Waals surface area contributed by atoms with E-state index in [1.54, 1.807) is 61.5 Å². The number of alkyl halides is 1. The zero-order valence-corrected chi connectivity index (χ0v) is 53.2. The van der Waals surface area contributed by atoms with Crippen LogP contribution in [-0.2, 0) is 52.3 Å². The molecule has 480 valence electrons. The van der Waals surface area contributed by atoms with Crippen molar-refractivity contribution in [3.05, 3.63) is 23.8 Å². The van der Waals surface area contributed by atoms with Gasteiger partial charge in [0.05, 0.1) is 48.1 Å². The number of nitrogens with one attached hydrogen (secondary N) is 3. The van der Waals surface area contributed by atoms with Crippen molar-refractivity contribution in [2.24, 2.45) is 52.3 Å². The Hall–Kier alpha value is -3.03. The number of nitrogens with zero attached hydrogens (tertiary/aromatic N) is 1. The molecule has 0 aromatic carbocycles. The number of carbonyl (C=O) groups excluding carboxylic acids is 4. The standard InChI is InChI=1S/C63H105FN4O16/c1-18-46-61(14,76)51(72)38(8)67-53(73)34(4)29-59(12,78-16)52(84-56-49(71)44(68(15)19-2)27-35(5)80-56)36(6)50(37(7)55(75)82-46)83-47-31-60(13,79-17)62(77,39(9)81-47)32-65-24-25-66-54(74)48-33(3)26-43-42-21-20-40-28-41(69)22-23-58(40,11)63(42,64)45(70)30-57(43,48)10/h22-23,28,33-39,42-52,56,65,70-72,76-77H,18-21,24-27,29-32H2,1-17H3,(H,66,74)(H,67,73)/t33-,34-,35-,36+,37-,38-,39+,42?,43?,44+,45+,46-,47+,48-,49-,50+,51-,52-,56+,57+,58+,59-,60-,61-,62+,63+/m1/s1. The highest BCUT2D eigenvalue weighted by atomic mass is 19.1.